The summed E-state index contributed by atoms with van der Waals surface area (Å²) in [5.41, 5.74) is 0.867. The van der Waals surface area contributed by atoms with E-state index >= 15 is 0 Å². The SMILES string of the molecule is CC(C)NCCC(=O)Cc1cn2ccsc2n1. The Morgan fingerprint density at radius 1 is 1.59 bits per heavy atom. The predicted octanol–water partition coefficient (Wildman–Crippen LogP) is 1.90. The smallest absolute Gasteiger partial charge is 0.193 e. The zero-order valence-corrected chi connectivity index (χ0v) is 11.0. The minimum atomic E-state index is 0.240. The van der Waals surface area contributed by atoms with Crippen LogP contribution in [0.15, 0.2) is 17.8 Å². The molecule has 0 fully saturated rings. The van der Waals surface area contributed by atoms with Crippen LogP contribution in [0, 0.1) is 0 Å². The summed E-state index contributed by atoms with van der Waals surface area (Å²) in [6.07, 6.45) is 4.90. The second-order valence-corrected chi connectivity index (χ2v) is 5.27. The molecule has 0 unspecified atom stereocenters. The van der Waals surface area contributed by atoms with Gasteiger partial charge in [-0.2, -0.15) is 0 Å². The summed E-state index contributed by atoms with van der Waals surface area (Å²) in [6, 6.07) is 0.431. The van der Waals surface area contributed by atoms with E-state index in [1.807, 2.05) is 22.2 Å². The molecule has 0 aliphatic carbocycles. The number of carbonyl (C=O) groups is 1. The fourth-order valence-corrected chi connectivity index (χ4v) is 2.37. The van der Waals surface area contributed by atoms with Crippen LogP contribution in [0.4, 0.5) is 0 Å². The van der Waals surface area contributed by atoms with Gasteiger partial charge in [0.1, 0.15) is 5.78 Å². The highest BCUT2D eigenvalue weighted by Gasteiger charge is 2.08. The van der Waals surface area contributed by atoms with E-state index in [1.54, 1.807) is 11.3 Å². The van der Waals surface area contributed by atoms with Crippen molar-refractivity contribution in [3.8, 4) is 0 Å². The molecule has 0 saturated carbocycles. The second-order valence-electron chi connectivity index (χ2n) is 4.40. The van der Waals surface area contributed by atoms with Gasteiger partial charge in [0.05, 0.1) is 12.1 Å². The number of fused-ring (bicyclic) bond motifs is 1. The summed E-state index contributed by atoms with van der Waals surface area (Å²) in [6.45, 7) is 4.90. The van der Waals surface area contributed by atoms with Gasteiger partial charge >= 0.3 is 0 Å². The first-order valence-electron chi connectivity index (χ1n) is 5.81. The molecular formula is C12H17N3OS. The first kappa shape index (κ1) is 12.3. The van der Waals surface area contributed by atoms with Crippen molar-refractivity contribution < 1.29 is 4.79 Å². The van der Waals surface area contributed by atoms with Gasteiger partial charge in [0, 0.05) is 36.8 Å². The maximum absolute atomic E-state index is 11.7. The number of thiazole rings is 1. The molecule has 2 rings (SSSR count). The molecule has 2 aromatic rings. The van der Waals surface area contributed by atoms with Crippen LogP contribution < -0.4 is 5.32 Å². The maximum Gasteiger partial charge on any atom is 0.193 e. The number of hydrogen-bond donors (Lipinski definition) is 1. The molecule has 0 aliphatic rings. The van der Waals surface area contributed by atoms with Gasteiger partial charge in [0.2, 0.25) is 0 Å². The fraction of sp³-hybridized carbons (Fsp3) is 0.500. The Kier molecular flexibility index (Phi) is 3.91. The molecule has 4 nitrogen and oxygen atoms in total. The van der Waals surface area contributed by atoms with Gasteiger partial charge in [-0.3, -0.25) is 9.20 Å². The molecule has 0 bridgehead atoms. The maximum atomic E-state index is 11.7. The molecule has 0 radical (unpaired) electrons. The van der Waals surface area contributed by atoms with Gasteiger partial charge in [-0.1, -0.05) is 13.8 Å². The molecule has 0 amide bonds. The van der Waals surface area contributed by atoms with E-state index in [9.17, 15) is 4.79 Å². The van der Waals surface area contributed by atoms with E-state index in [4.69, 9.17) is 0 Å². The van der Waals surface area contributed by atoms with Crippen molar-refractivity contribution in [3.05, 3.63) is 23.5 Å². The van der Waals surface area contributed by atoms with Crippen LogP contribution in [0.1, 0.15) is 26.0 Å². The molecule has 0 saturated heterocycles. The Balaban J connectivity index is 1.84. The minimum absolute atomic E-state index is 0.240. The summed E-state index contributed by atoms with van der Waals surface area (Å²) in [5.74, 6) is 0.240. The van der Waals surface area contributed by atoms with E-state index < -0.39 is 0 Å². The van der Waals surface area contributed by atoms with Crippen LogP contribution in [-0.4, -0.2) is 27.8 Å². The van der Waals surface area contributed by atoms with Gasteiger partial charge in [-0.05, 0) is 0 Å². The Hall–Kier alpha value is -1.20. The predicted molar refractivity (Wildman–Crippen MR) is 69.5 cm³/mol. The van der Waals surface area contributed by atoms with Gasteiger partial charge in [0.15, 0.2) is 4.96 Å². The molecule has 5 heteroatoms. The molecule has 92 valence electrons. The van der Waals surface area contributed by atoms with Crippen LogP contribution >= 0.6 is 11.3 Å². The van der Waals surface area contributed by atoms with Crippen LogP contribution in [0.2, 0.25) is 0 Å². The average Bonchev–Trinajstić information content (AvgIpc) is 2.76. The largest absolute Gasteiger partial charge is 0.314 e. The summed E-state index contributed by atoms with van der Waals surface area (Å²) in [5, 5.41) is 5.23. The normalized spacial score (nSPS) is 11.5. The van der Waals surface area contributed by atoms with Crippen molar-refractivity contribution in [2.24, 2.45) is 0 Å². The summed E-state index contributed by atoms with van der Waals surface area (Å²) >= 11 is 1.59. The number of rotatable bonds is 6. The molecule has 0 atom stereocenters. The van der Waals surface area contributed by atoms with Crippen molar-refractivity contribution in [1.29, 1.82) is 0 Å². The van der Waals surface area contributed by atoms with Crippen molar-refractivity contribution in [2.75, 3.05) is 6.54 Å². The Morgan fingerprint density at radius 3 is 3.12 bits per heavy atom. The highest BCUT2D eigenvalue weighted by molar-refractivity contribution is 7.15. The van der Waals surface area contributed by atoms with Crippen LogP contribution in [0.25, 0.3) is 4.96 Å². The molecule has 17 heavy (non-hydrogen) atoms. The molecule has 0 aliphatic heterocycles. The molecule has 0 aromatic carbocycles. The van der Waals surface area contributed by atoms with Crippen molar-refractivity contribution >= 4 is 22.1 Å². The van der Waals surface area contributed by atoms with E-state index in [2.05, 4.69) is 24.1 Å². The third-order valence-electron chi connectivity index (χ3n) is 2.48. The van der Waals surface area contributed by atoms with E-state index in [0.717, 1.165) is 17.2 Å². The van der Waals surface area contributed by atoms with E-state index in [0.29, 0.717) is 18.9 Å². The monoisotopic (exact) mass is 251 g/mol. The van der Waals surface area contributed by atoms with Crippen LogP contribution in [0.3, 0.4) is 0 Å². The number of nitrogens with zero attached hydrogens (tertiary/aromatic N) is 2. The van der Waals surface area contributed by atoms with Crippen LogP contribution in [-0.2, 0) is 11.2 Å². The lowest BCUT2D eigenvalue weighted by atomic mass is 10.2. The molecule has 2 heterocycles. The summed E-state index contributed by atoms with van der Waals surface area (Å²) in [4.78, 5) is 17.1. The van der Waals surface area contributed by atoms with Gasteiger partial charge in [0.25, 0.3) is 0 Å². The van der Waals surface area contributed by atoms with Crippen molar-refractivity contribution in [3.63, 3.8) is 0 Å². The van der Waals surface area contributed by atoms with Gasteiger partial charge in [-0.25, -0.2) is 4.98 Å². The standard InChI is InChI=1S/C12H17N3OS/c1-9(2)13-4-3-11(16)7-10-8-15-5-6-17-12(15)14-10/h5-6,8-9,13H,3-4,7H2,1-2H3. The Morgan fingerprint density at radius 2 is 2.41 bits per heavy atom. The first-order chi connectivity index (χ1) is 8.15. The van der Waals surface area contributed by atoms with E-state index in [-0.39, 0.29) is 5.78 Å². The third-order valence-corrected chi connectivity index (χ3v) is 3.25. The highest BCUT2D eigenvalue weighted by Crippen LogP contribution is 2.12. The average molecular weight is 251 g/mol. The molecule has 1 N–H and O–H groups in total. The number of hydrogen-bond acceptors (Lipinski definition) is 4. The minimum Gasteiger partial charge on any atom is -0.314 e. The highest BCUT2D eigenvalue weighted by atomic mass is 32.1. The van der Waals surface area contributed by atoms with E-state index in [1.165, 1.54) is 0 Å². The lowest BCUT2D eigenvalue weighted by molar-refractivity contribution is -0.118. The number of nitrogens with one attached hydrogen (secondary N) is 1. The Labute approximate surface area is 105 Å². The number of Topliss-reactive ketones (excluding diaryl/α,β-unsaturated/α-hetero) is 1. The number of aromatic nitrogens is 2. The topological polar surface area (TPSA) is 46.4 Å². The zero-order chi connectivity index (χ0) is 12.3. The molecular weight excluding hydrogens is 234 g/mol. The van der Waals surface area contributed by atoms with Crippen molar-refractivity contribution in [1.82, 2.24) is 14.7 Å². The van der Waals surface area contributed by atoms with Gasteiger partial charge < -0.3 is 5.32 Å². The third kappa shape index (κ3) is 3.38. The lowest BCUT2D eigenvalue weighted by Crippen LogP contribution is -2.25. The van der Waals surface area contributed by atoms with Crippen LogP contribution in [0.5, 0.6) is 0 Å². The summed E-state index contributed by atoms with van der Waals surface area (Å²) < 4.78 is 1.96. The molecule has 2 aromatic heterocycles. The first-order valence-corrected chi connectivity index (χ1v) is 6.69. The number of carbonyl (C=O) groups excluding carboxylic acids is 1. The quantitative estimate of drug-likeness (QED) is 0.853. The Bertz CT molecular complexity index is 472. The summed E-state index contributed by atoms with van der Waals surface area (Å²) in [7, 11) is 0. The fourth-order valence-electron chi connectivity index (χ4n) is 1.65. The zero-order valence-electron chi connectivity index (χ0n) is 10.1. The number of ketones is 1. The van der Waals surface area contributed by atoms with Gasteiger partial charge in [-0.15, -0.1) is 11.3 Å². The second kappa shape index (κ2) is 5.42. The number of imidazole rings is 1. The lowest BCUT2D eigenvalue weighted by Gasteiger charge is -2.06. The molecule has 0 spiro atoms. The van der Waals surface area contributed by atoms with Crippen molar-refractivity contribution in [2.45, 2.75) is 32.7 Å².